The van der Waals surface area contributed by atoms with Crippen LogP contribution in [-0.2, 0) is 4.79 Å². The lowest BCUT2D eigenvalue weighted by Crippen LogP contribution is -2.35. The number of likely N-dealkylation sites (tertiary alicyclic amines) is 1. The molecule has 0 N–H and O–H groups in total. The molecule has 1 aliphatic heterocycles. The van der Waals surface area contributed by atoms with Gasteiger partial charge in [0, 0.05) is 30.2 Å². The van der Waals surface area contributed by atoms with Crippen LogP contribution in [0.3, 0.4) is 0 Å². The van der Waals surface area contributed by atoms with Crippen molar-refractivity contribution in [2.24, 2.45) is 0 Å². The fourth-order valence-corrected chi connectivity index (χ4v) is 3.06. The van der Waals surface area contributed by atoms with Gasteiger partial charge in [-0.2, -0.15) is 9.36 Å². The van der Waals surface area contributed by atoms with Crippen LogP contribution in [0.1, 0.15) is 25.7 Å². The average molecular weight is 317 g/mol. The van der Waals surface area contributed by atoms with Crippen LogP contribution in [0.25, 0.3) is 11.4 Å². The minimum atomic E-state index is 0.0401. The van der Waals surface area contributed by atoms with Gasteiger partial charge in [0.15, 0.2) is 12.4 Å². The minimum absolute atomic E-state index is 0.0401. The van der Waals surface area contributed by atoms with Gasteiger partial charge in [-0.05, 0) is 12.8 Å². The van der Waals surface area contributed by atoms with Crippen molar-refractivity contribution in [1.82, 2.24) is 14.3 Å². The zero-order chi connectivity index (χ0) is 15.2. The zero-order valence-electron chi connectivity index (χ0n) is 12.4. The highest BCUT2D eigenvalue weighted by atomic mass is 32.1. The Balaban J connectivity index is 1.55. The van der Waals surface area contributed by atoms with Crippen LogP contribution in [0.4, 0.5) is 0 Å². The van der Waals surface area contributed by atoms with Crippen LogP contribution in [-0.4, -0.2) is 39.9 Å². The maximum atomic E-state index is 12.2. The summed E-state index contributed by atoms with van der Waals surface area (Å²) >= 11 is 1.18. The lowest BCUT2D eigenvalue weighted by molar-refractivity contribution is -0.133. The highest BCUT2D eigenvalue weighted by molar-refractivity contribution is 7.07. The predicted molar refractivity (Wildman–Crippen MR) is 85.9 cm³/mol. The summed E-state index contributed by atoms with van der Waals surface area (Å²) in [5.74, 6) is 0.682. The number of carbonyl (C=O) groups is 1. The highest BCUT2D eigenvalue weighted by Gasteiger charge is 2.17. The normalized spacial score (nSPS) is 15.4. The zero-order valence-corrected chi connectivity index (χ0v) is 13.2. The van der Waals surface area contributed by atoms with Crippen LogP contribution in [0.5, 0.6) is 5.19 Å². The number of hydrogen-bond acceptors (Lipinski definition) is 5. The molecule has 0 saturated carbocycles. The average Bonchev–Trinajstić information content (AvgIpc) is 2.87. The van der Waals surface area contributed by atoms with Gasteiger partial charge in [0.05, 0.1) is 0 Å². The largest absolute Gasteiger partial charge is 0.459 e. The number of rotatable bonds is 4. The lowest BCUT2D eigenvalue weighted by Gasteiger charge is -2.19. The SMILES string of the molecule is O=C(COc1nc(-c2ccccc2)ns1)N1CCCCCC1. The van der Waals surface area contributed by atoms with Gasteiger partial charge in [0.25, 0.3) is 11.1 Å². The Kier molecular flexibility index (Phi) is 5.00. The number of hydrogen-bond donors (Lipinski definition) is 0. The summed E-state index contributed by atoms with van der Waals surface area (Å²) in [5.41, 5.74) is 0.951. The van der Waals surface area contributed by atoms with Gasteiger partial charge in [-0.15, -0.1) is 0 Å². The number of benzene rings is 1. The van der Waals surface area contributed by atoms with Crippen molar-refractivity contribution in [3.63, 3.8) is 0 Å². The lowest BCUT2D eigenvalue weighted by atomic mass is 10.2. The summed E-state index contributed by atoms with van der Waals surface area (Å²) in [7, 11) is 0. The van der Waals surface area contributed by atoms with Crippen LogP contribution >= 0.6 is 11.5 Å². The van der Waals surface area contributed by atoms with E-state index in [4.69, 9.17) is 4.74 Å². The second-order valence-electron chi connectivity index (χ2n) is 5.33. The molecule has 0 radical (unpaired) electrons. The summed E-state index contributed by atoms with van der Waals surface area (Å²) in [6, 6.07) is 9.75. The van der Waals surface area contributed by atoms with Gasteiger partial charge >= 0.3 is 0 Å². The Morgan fingerprint density at radius 1 is 1.14 bits per heavy atom. The molecule has 1 amide bonds. The van der Waals surface area contributed by atoms with Crippen LogP contribution in [0.15, 0.2) is 30.3 Å². The second-order valence-corrected chi connectivity index (χ2v) is 6.05. The van der Waals surface area contributed by atoms with E-state index in [1.807, 2.05) is 35.2 Å². The van der Waals surface area contributed by atoms with Crippen LogP contribution in [0.2, 0.25) is 0 Å². The first kappa shape index (κ1) is 15.0. The molecular weight excluding hydrogens is 298 g/mol. The van der Waals surface area contributed by atoms with E-state index >= 15 is 0 Å². The van der Waals surface area contributed by atoms with E-state index in [0.29, 0.717) is 11.0 Å². The van der Waals surface area contributed by atoms with Crippen molar-refractivity contribution in [3.05, 3.63) is 30.3 Å². The fraction of sp³-hybridized carbons (Fsp3) is 0.438. The van der Waals surface area contributed by atoms with Crippen LogP contribution in [0, 0.1) is 0 Å². The summed E-state index contributed by atoms with van der Waals surface area (Å²) in [5, 5.41) is 0.446. The third-order valence-electron chi connectivity index (χ3n) is 3.72. The number of aromatic nitrogens is 2. The Hall–Kier alpha value is -1.95. The third-order valence-corrected chi connectivity index (χ3v) is 4.35. The monoisotopic (exact) mass is 317 g/mol. The van der Waals surface area contributed by atoms with E-state index in [2.05, 4.69) is 9.36 Å². The third kappa shape index (κ3) is 3.82. The second kappa shape index (κ2) is 7.35. The molecule has 2 heterocycles. The Morgan fingerprint density at radius 3 is 2.59 bits per heavy atom. The molecule has 0 spiro atoms. The molecular formula is C16H19N3O2S. The van der Waals surface area contributed by atoms with Gasteiger partial charge in [0.1, 0.15) is 0 Å². The van der Waals surface area contributed by atoms with Gasteiger partial charge in [0.2, 0.25) is 0 Å². The molecule has 0 unspecified atom stereocenters. The molecule has 1 aliphatic rings. The van der Waals surface area contributed by atoms with E-state index in [0.717, 1.165) is 31.5 Å². The van der Waals surface area contributed by atoms with Crippen molar-refractivity contribution >= 4 is 17.4 Å². The fourth-order valence-electron chi connectivity index (χ4n) is 2.51. The Labute approximate surface area is 134 Å². The van der Waals surface area contributed by atoms with Crippen molar-refractivity contribution in [1.29, 1.82) is 0 Å². The van der Waals surface area contributed by atoms with Gasteiger partial charge in [-0.25, -0.2) is 0 Å². The standard InChI is InChI=1S/C16H19N3O2S/c20-14(19-10-6-1-2-7-11-19)12-21-16-17-15(18-22-16)13-8-4-3-5-9-13/h3-5,8-9H,1-2,6-7,10-12H2. The molecule has 5 nitrogen and oxygen atoms in total. The molecule has 1 fully saturated rings. The Bertz CT molecular complexity index is 607. The van der Waals surface area contributed by atoms with Crippen molar-refractivity contribution in [3.8, 4) is 16.6 Å². The van der Waals surface area contributed by atoms with Crippen LogP contribution < -0.4 is 4.74 Å². The smallest absolute Gasteiger partial charge is 0.294 e. The first-order chi connectivity index (χ1) is 10.8. The predicted octanol–water partition coefficient (Wildman–Crippen LogP) is 2.99. The number of carbonyl (C=O) groups excluding carboxylic acids is 1. The number of nitrogens with zero attached hydrogens (tertiary/aromatic N) is 3. The van der Waals surface area contributed by atoms with E-state index < -0.39 is 0 Å². The number of ether oxygens (including phenoxy) is 1. The molecule has 6 heteroatoms. The topological polar surface area (TPSA) is 55.3 Å². The molecule has 0 atom stereocenters. The van der Waals surface area contributed by atoms with Gasteiger partial charge in [-0.3, -0.25) is 4.79 Å². The maximum Gasteiger partial charge on any atom is 0.294 e. The summed E-state index contributed by atoms with van der Waals surface area (Å²) < 4.78 is 9.79. The van der Waals surface area contributed by atoms with Crippen molar-refractivity contribution in [2.45, 2.75) is 25.7 Å². The summed E-state index contributed by atoms with van der Waals surface area (Å²) in [6.45, 7) is 1.73. The van der Waals surface area contributed by atoms with E-state index in [1.54, 1.807) is 0 Å². The van der Waals surface area contributed by atoms with E-state index in [1.165, 1.54) is 24.4 Å². The molecule has 1 saturated heterocycles. The van der Waals surface area contributed by atoms with Crippen molar-refractivity contribution in [2.75, 3.05) is 19.7 Å². The van der Waals surface area contributed by atoms with Gasteiger partial charge in [-0.1, -0.05) is 43.2 Å². The number of amides is 1. The first-order valence-electron chi connectivity index (χ1n) is 7.62. The van der Waals surface area contributed by atoms with Gasteiger partial charge < -0.3 is 9.64 Å². The quantitative estimate of drug-likeness (QED) is 0.870. The Morgan fingerprint density at radius 2 is 1.86 bits per heavy atom. The van der Waals surface area contributed by atoms with E-state index in [-0.39, 0.29) is 12.5 Å². The first-order valence-corrected chi connectivity index (χ1v) is 8.40. The highest BCUT2D eigenvalue weighted by Crippen LogP contribution is 2.22. The molecule has 116 valence electrons. The molecule has 0 aliphatic carbocycles. The molecule has 1 aromatic heterocycles. The van der Waals surface area contributed by atoms with E-state index in [9.17, 15) is 4.79 Å². The minimum Gasteiger partial charge on any atom is -0.459 e. The molecule has 2 aromatic rings. The maximum absolute atomic E-state index is 12.2. The molecule has 0 bridgehead atoms. The molecule has 22 heavy (non-hydrogen) atoms. The summed E-state index contributed by atoms with van der Waals surface area (Å²) in [4.78, 5) is 18.4. The van der Waals surface area contributed by atoms with Crippen molar-refractivity contribution < 1.29 is 9.53 Å². The molecule has 1 aromatic carbocycles. The molecule has 3 rings (SSSR count). The summed E-state index contributed by atoms with van der Waals surface area (Å²) in [6.07, 6.45) is 4.59.